The second kappa shape index (κ2) is 5.89. The van der Waals surface area contributed by atoms with Gasteiger partial charge in [0.15, 0.2) is 5.75 Å². The highest BCUT2D eigenvalue weighted by molar-refractivity contribution is 6.64. The molecule has 1 saturated carbocycles. The number of aryl methyl sites for hydroxylation is 2. The van der Waals surface area contributed by atoms with Crippen molar-refractivity contribution in [3.63, 3.8) is 0 Å². The van der Waals surface area contributed by atoms with Gasteiger partial charge in [-0.15, -0.1) is 0 Å². The molecule has 0 spiro atoms. The number of hydrogen-bond acceptors (Lipinski definition) is 4. The molecule has 2 atom stereocenters. The van der Waals surface area contributed by atoms with E-state index in [1.807, 2.05) is 6.92 Å². The van der Waals surface area contributed by atoms with Crippen LogP contribution in [0.4, 0.5) is 4.39 Å². The van der Waals surface area contributed by atoms with Crippen LogP contribution in [-0.4, -0.2) is 21.8 Å². The Morgan fingerprint density at radius 1 is 1.48 bits per heavy atom. The van der Waals surface area contributed by atoms with Crippen LogP contribution in [0.2, 0.25) is 0 Å². The van der Waals surface area contributed by atoms with E-state index in [2.05, 4.69) is 9.97 Å². The van der Waals surface area contributed by atoms with Gasteiger partial charge in [-0.1, -0.05) is 12.1 Å². The van der Waals surface area contributed by atoms with Crippen LogP contribution in [0.1, 0.15) is 23.5 Å². The van der Waals surface area contributed by atoms with Gasteiger partial charge in [-0.3, -0.25) is 4.79 Å². The molecule has 1 aliphatic rings. The zero-order chi connectivity index (χ0) is 16.6. The Kier molecular flexibility index (Phi) is 4.06. The fourth-order valence-corrected chi connectivity index (χ4v) is 3.17. The lowest BCUT2D eigenvalue weighted by molar-refractivity contribution is -0.113. The van der Waals surface area contributed by atoms with Crippen molar-refractivity contribution in [2.75, 3.05) is 6.61 Å². The summed E-state index contributed by atoms with van der Waals surface area (Å²) in [6, 6.07) is 6.23. The highest BCUT2D eigenvalue weighted by atomic mass is 35.5. The van der Waals surface area contributed by atoms with E-state index in [0.29, 0.717) is 18.0 Å². The molecular weight excluding hydrogens is 319 g/mol. The molecule has 6 heteroatoms. The van der Waals surface area contributed by atoms with Gasteiger partial charge >= 0.3 is 0 Å². The van der Waals surface area contributed by atoms with Crippen LogP contribution < -0.4 is 4.74 Å². The van der Waals surface area contributed by atoms with Gasteiger partial charge in [-0.2, -0.15) is 0 Å². The van der Waals surface area contributed by atoms with E-state index in [-0.39, 0.29) is 18.3 Å². The Morgan fingerprint density at radius 3 is 2.87 bits per heavy atom. The Balaban J connectivity index is 1.85. The molecule has 0 N–H and O–H groups in total. The van der Waals surface area contributed by atoms with Crippen LogP contribution in [0, 0.1) is 25.6 Å². The van der Waals surface area contributed by atoms with E-state index in [4.69, 9.17) is 16.3 Å². The maximum Gasteiger partial charge on any atom is 0.225 e. The van der Waals surface area contributed by atoms with Crippen LogP contribution in [0.25, 0.3) is 0 Å². The lowest BCUT2D eigenvalue weighted by atomic mass is 9.94. The molecule has 1 fully saturated rings. The van der Waals surface area contributed by atoms with Crippen LogP contribution in [0.5, 0.6) is 5.75 Å². The van der Waals surface area contributed by atoms with Gasteiger partial charge in [0.25, 0.3) is 0 Å². The van der Waals surface area contributed by atoms with Crippen LogP contribution in [0.15, 0.2) is 30.5 Å². The van der Waals surface area contributed by atoms with Crippen molar-refractivity contribution >= 4 is 16.8 Å². The zero-order valence-electron chi connectivity index (χ0n) is 12.8. The molecule has 0 radical (unpaired) electrons. The Morgan fingerprint density at radius 2 is 2.26 bits per heavy atom. The minimum Gasteiger partial charge on any atom is -0.489 e. The van der Waals surface area contributed by atoms with Crippen molar-refractivity contribution in [1.29, 1.82) is 0 Å². The first-order valence-electron chi connectivity index (χ1n) is 7.31. The maximum atomic E-state index is 13.5. The lowest BCUT2D eigenvalue weighted by Crippen LogP contribution is -2.23. The normalized spacial score (nSPS) is 22.7. The van der Waals surface area contributed by atoms with Gasteiger partial charge in [0.05, 0.1) is 18.5 Å². The predicted molar refractivity (Wildman–Crippen MR) is 84.0 cm³/mol. The first kappa shape index (κ1) is 15.9. The summed E-state index contributed by atoms with van der Waals surface area (Å²) in [7, 11) is 0. The number of hydrogen-bond donors (Lipinski definition) is 0. The summed E-state index contributed by atoms with van der Waals surface area (Å²) in [4.78, 5) is 20.0. The smallest absolute Gasteiger partial charge is 0.225 e. The summed E-state index contributed by atoms with van der Waals surface area (Å²) < 4.78 is 19.4. The zero-order valence-corrected chi connectivity index (χ0v) is 13.6. The molecule has 0 aliphatic heterocycles. The minimum absolute atomic E-state index is 0.229. The number of carbonyl (C=O) groups excluding carboxylic acids is 1. The van der Waals surface area contributed by atoms with E-state index in [1.54, 1.807) is 25.3 Å². The van der Waals surface area contributed by atoms with Crippen molar-refractivity contribution < 1.29 is 13.9 Å². The quantitative estimate of drug-likeness (QED) is 0.787. The number of aromatic nitrogens is 2. The Bertz CT molecular complexity index is 768. The molecule has 1 aromatic carbocycles. The Hall–Kier alpha value is -2.01. The summed E-state index contributed by atoms with van der Waals surface area (Å²) >= 11 is 5.67. The average Bonchev–Trinajstić information content (AvgIpc) is 3.23. The molecule has 2 aromatic rings. The number of ether oxygens (including phenoxy) is 1. The first-order chi connectivity index (χ1) is 10.9. The molecule has 4 nitrogen and oxygen atoms in total. The topological polar surface area (TPSA) is 52.1 Å². The molecular formula is C17H16ClFN2O2. The molecule has 1 heterocycles. The third kappa shape index (κ3) is 3.06. The minimum atomic E-state index is -0.585. The van der Waals surface area contributed by atoms with E-state index in [0.717, 1.165) is 11.3 Å². The van der Waals surface area contributed by atoms with Gasteiger partial charge in [-0.05, 0) is 49.6 Å². The molecule has 1 aromatic heterocycles. The largest absolute Gasteiger partial charge is 0.489 e. The van der Waals surface area contributed by atoms with Gasteiger partial charge in [0.2, 0.25) is 5.24 Å². The molecule has 23 heavy (non-hydrogen) atoms. The summed E-state index contributed by atoms with van der Waals surface area (Å²) in [6.07, 6.45) is 2.15. The molecule has 0 saturated heterocycles. The van der Waals surface area contributed by atoms with Crippen molar-refractivity contribution in [1.82, 2.24) is 9.97 Å². The van der Waals surface area contributed by atoms with Crippen LogP contribution in [0.3, 0.4) is 0 Å². The molecule has 0 bridgehead atoms. The highest BCUT2D eigenvalue weighted by Gasteiger charge is 2.59. The first-order valence-corrected chi connectivity index (χ1v) is 7.68. The molecule has 0 unspecified atom stereocenters. The molecule has 0 amide bonds. The van der Waals surface area contributed by atoms with E-state index in [1.165, 1.54) is 12.1 Å². The molecule has 1 aliphatic carbocycles. The maximum absolute atomic E-state index is 13.5. The second-order valence-corrected chi connectivity index (χ2v) is 6.26. The fourth-order valence-electron chi connectivity index (χ4n) is 2.88. The second-order valence-electron chi connectivity index (χ2n) is 5.88. The summed E-state index contributed by atoms with van der Waals surface area (Å²) in [5, 5.41) is -0.422. The van der Waals surface area contributed by atoms with E-state index < -0.39 is 10.7 Å². The predicted octanol–water partition coefficient (Wildman–Crippen LogP) is 3.33. The van der Waals surface area contributed by atoms with Gasteiger partial charge in [0, 0.05) is 11.3 Å². The van der Waals surface area contributed by atoms with E-state index >= 15 is 0 Å². The summed E-state index contributed by atoms with van der Waals surface area (Å²) in [6.45, 7) is 3.86. The van der Waals surface area contributed by atoms with Gasteiger partial charge < -0.3 is 4.74 Å². The fraction of sp³-hybridized carbons (Fsp3) is 0.353. The van der Waals surface area contributed by atoms with Crippen LogP contribution >= 0.6 is 11.6 Å². The third-order valence-electron chi connectivity index (χ3n) is 4.29. The summed E-state index contributed by atoms with van der Waals surface area (Å²) in [5.74, 6) is 0.510. The monoisotopic (exact) mass is 334 g/mol. The van der Waals surface area contributed by atoms with E-state index in [9.17, 15) is 9.18 Å². The number of carbonyl (C=O) groups is 1. The average molecular weight is 335 g/mol. The van der Waals surface area contributed by atoms with Crippen molar-refractivity contribution in [2.24, 2.45) is 5.92 Å². The Labute approximate surface area is 138 Å². The number of halogens is 2. The van der Waals surface area contributed by atoms with Crippen molar-refractivity contribution in [2.45, 2.75) is 25.7 Å². The third-order valence-corrected chi connectivity index (χ3v) is 4.55. The summed E-state index contributed by atoms with van der Waals surface area (Å²) in [5.41, 5.74) is 0.863. The lowest BCUT2D eigenvalue weighted by Gasteiger charge is -2.19. The van der Waals surface area contributed by atoms with Gasteiger partial charge in [0.1, 0.15) is 11.6 Å². The van der Waals surface area contributed by atoms with Crippen molar-refractivity contribution in [3.8, 4) is 5.75 Å². The SMILES string of the molecule is Cc1ncc(OC[C@@]2(c3cccc(F)c3)C[C@H]2C(=O)Cl)c(C)n1. The number of benzene rings is 1. The standard InChI is InChI=1S/C17H16ClFN2O2/c1-10-15(8-20-11(2)21-10)23-9-17(7-14(17)16(18)22)12-4-3-5-13(19)6-12/h3-6,8,14H,7,9H2,1-2H3/t14-,17+/m0/s1. The highest BCUT2D eigenvalue weighted by Crippen LogP contribution is 2.55. The molecule has 3 rings (SSSR count). The number of rotatable bonds is 5. The molecule has 120 valence electrons. The van der Waals surface area contributed by atoms with Crippen LogP contribution in [-0.2, 0) is 10.2 Å². The van der Waals surface area contributed by atoms with Gasteiger partial charge in [-0.25, -0.2) is 14.4 Å². The number of nitrogens with zero attached hydrogens (tertiary/aromatic N) is 2. The van der Waals surface area contributed by atoms with Crippen molar-refractivity contribution in [3.05, 3.63) is 53.4 Å².